The minimum atomic E-state index is -4.52. The zero-order valence-corrected chi connectivity index (χ0v) is 21.2. The standard InChI is InChI=1S/C26H29F3N4O5/c1-4-37-24(35)21-19(15-32-11-12-33(16(2)14-32)23(34)20-6-5-13-38-20)31(3)25(36)30-22(21)17-7-9-18(10-8-17)26(27,28)29/h5-10,13,16,22H,4,11-12,14-15H2,1-3H3,(H,30,36)/t16-,22+/m1/s1. The highest BCUT2D eigenvalue weighted by atomic mass is 19.4. The Hall–Kier alpha value is -3.80. The van der Waals surface area contributed by atoms with Gasteiger partial charge in [0.1, 0.15) is 0 Å². The molecule has 1 saturated heterocycles. The molecule has 0 unspecified atom stereocenters. The van der Waals surface area contributed by atoms with Crippen molar-refractivity contribution in [2.75, 3.05) is 39.8 Å². The van der Waals surface area contributed by atoms with Gasteiger partial charge in [0, 0.05) is 45.0 Å². The number of benzene rings is 1. The van der Waals surface area contributed by atoms with E-state index in [1.54, 1.807) is 24.0 Å². The number of piperazine rings is 1. The molecule has 2 aliphatic heterocycles. The first-order valence-corrected chi connectivity index (χ1v) is 12.2. The number of likely N-dealkylation sites (N-methyl/N-ethyl adjacent to an activating group) is 1. The van der Waals surface area contributed by atoms with Crippen molar-refractivity contribution in [2.24, 2.45) is 0 Å². The largest absolute Gasteiger partial charge is 0.463 e. The first kappa shape index (κ1) is 27.2. The monoisotopic (exact) mass is 534 g/mol. The van der Waals surface area contributed by atoms with Crippen LogP contribution in [0.15, 0.2) is 58.3 Å². The second kappa shape index (κ2) is 10.9. The molecule has 9 nitrogen and oxygen atoms in total. The van der Waals surface area contributed by atoms with Crippen molar-refractivity contribution in [1.82, 2.24) is 20.0 Å². The van der Waals surface area contributed by atoms with Crippen LogP contribution in [0.3, 0.4) is 0 Å². The molecule has 0 radical (unpaired) electrons. The maximum atomic E-state index is 13.1. The van der Waals surface area contributed by atoms with Gasteiger partial charge in [-0.15, -0.1) is 0 Å². The number of ether oxygens (including phenoxy) is 1. The molecule has 3 heterocycles. The summed E-state index contributed by atoms with van der Waals surface area (Å²) in [5.74, 6) is -0.635. The van der Waals surface area contributed by atoms with Crippen LogP contribution in [0.25, 0.3) is 0 Å². The summed E-state index contributed by atoms with van der Waals surface area (Å²) in [5, 5.41) is 2.71. The number of hydrogen-bond acceptors (Lipinski definition) is 6. The third-order valence-electron chi connectivity index (χ3n) is 6.72. The molecule has 12 heteroatoms. The summed E-state index contributed by atoms with van der Waals surface area (Å²) in [7, 11) is 1.52. The van der Waals surface area contributed by atoms with Crippen LogP contribution in [0.5, 0.6) is 0 Å². The predicted molar refractivity (Wildman–Crippen MR) is 130 cm³/mol. The summed E-state index contributed by atoms with van der Waals surface area (Å²) in [6, 6.07) is 5.91. The molecule has 2 atom stereocenters. The van der Waals surface area contributed by atoms with E-state index in [0.717, 1.165) is 12.1 Å². The quantitative estimate of drug-likeness (QED) is 0.569. The number of halogens is 3. The number of carbonyl (C=O) groups is 3. The van der Waals surface area contributed by atoms with Crippen molar-refractivity contribution < 1.29 is 36.7 Å². The highest BCUT2D eigenvalue weighted by Crippen LogP contribution is 2.34. The Balaban J connectivity index is 1.62. The minimum absolute atomic E-state index is 0.0810. The van der Waals surface area contributed by atoms with Crippen molar-refractivity contribution in [1.29, 1.82) is 0 Å². The summed E-state index contributed by atoms with van der Waals surface area (Å²) < 4.78 is 49.8. The maximum Gasteiger partial charge on any atom is 0.416 e. The summed E-state index contributed by atoms with van der Waals surface area (Å²) >= 11 is 0. The van der Waals surface area contributed by atoms with Gasteiger partial charge in [-0.1, -0.05) is 12.1 Å². The van der Waals surface area contributed by atoms with E-state index < -0.39 is 29.8 Å². The number of rotatable bonds is 6. The molecule has 1 aromatic heterocycles. The van der Waals surface area contributed by atoms with E-state index in [1.807, 2.05) is 11.8 Å². The van der Waals surface area contributed by atoms with Crippen molar-refractivity contribution in [3.8, 4) is 0 Å². The molecule has 4 rings (SSSR count). The Morgan fingerprint density at radius 2 is 1.87 bits per heavy atom. The number of nitrogens with one attached hydrogen (secondary N) is 1. The van der Waals surface area contributed by atoms with Crippen LogP contribution in [0.2, 0.25) is 0 Å². The molecule has 1 aromatic carbocycles. The second-order valence-corrected chi connectivity index (χ2v) is 9.20. The predicted octanol–water partition coefficient (Wildman–Crippen LogP) is 3.66. The number of carbonyl (C=O) groups excluding carboxylic acids is 3. The number of alkyl halides is 3. The molecule has 204 valence electrons. The molecule has 1 N–H and O–H groups in total. The van der Waals surface area contributed by atoms with Crippen LogP contribution in [0, 0.1) is 0 Å². The zero-order chi connectivity index (χ0) is 27.6. The van der Waals surface area contributed by atoms with Crippen molar-refractivity contribution in [3.63, 3.8) is 0 Å². The lowest BCUT2D eigenvalue weighted by atomic mass is 9.93. The Kier molecular flexibility index (Phi) is 7.81. The van der Waals surface area contributed by atoms with Gasteiger partial charge in [-0.2, -0.15) is 13.2 Å². The van der Waals surface area contributed by atoms with E-state index in [1.165, 1.54) is 30.3 Å². The number of urea groups is 1. The van der Waals surface area contributed by atoms with Gasteiger partial charge >= 0.3 is 18.2 Å². The molecule has 0 aliphatic carbocycles. The molecule has 3 amide bonds. The van der Waals surface area contributed by atoms with Gasteiger partial charge < -0.3 is 19.4 Å². The van der Waals surface area contributed by atoms with Crippen molar-refractivity contribution in [3.05, 3.63) is 70.8 Å². The fraction of sp³-hybridized carbons (Fsp3) is 0.423. The van der Waals surface area contributed by atoms with E-state index in [2.05, 4.69) is 5.32 Å². The lowest BCUT2D eigenvalue weighted by molar-refractivity contribution is -0.139. The van der Waals surface area contributed by atoms with Crippen molar-refractivity contribution >= 4 is 17.9 Å². The van der Waals surface area contributed by atoms with Crippen LogP contribution in [0.1, 0.15) is 41.6 Å². The lowest BCUT2D eigenvalue weighted by Gasteiger charge is -2.42. The van der Waals surface area contributed by atoms with Gasteiger partial charge in [-0.05, 0) is 43.7 Å². The van der Waals surface area contributed by atoms with E-state index >= 15 is 0 Å². The van der Waals surface area contributed by atoms with Crippen LogP contribution in [-0.4, -0.2) is 78.5 Å². The molecule has 0 bridgehead atoms. The summed E-state index contributed by atoms with van der Waals surface area (Å²) in [4.78, 5) is 43.8. The van der Waals surface area contributed by atoms with Crippen molar-refractivity contribution in [2.45, 2.75) is 32.1 Å². The normalized spacial score (nSPS) is 20.9. The third kappa shape index (κ3) is 5.54. The van der Waals surface area contributed by atoms with Gasteiger partial charge in [-0.3, -0.25) is 14.6 Å². The Morgan fingerprint density at radius 1 is 1.16 bits per heavy atom. The van der Waals surface area contributed by atoms with Crippen LogP contribution in [-0.2, 0) is 15.7 Å². The number of nitrogens with zero attached hydrogens (tertiary/aromatic N) is 3. The van der Waals surface area contributed by atoms with Gasteiger partial charge in [0.2, 0.25) is 0 Å². The Morgan fingerprint density at radius 3 is 2.45 bits per heavy atom. The summed E-state index contributed by atoms with van der Waals surface area (Å²) in [5.41, 5.74) is 0.0196. The summed E-state index contributed by atoms with van der Waals surface area (Å²) in [6.07, 6.45) is -3.08. The molecule has 0 saturated carbocycles. The van der Waals surface area contributed by atoms with Gasteiger partial charge in [-0.25, -0.2) is 9.59 Å². The molecule has 0 spiro atoms. The average Bonchev–Trinajstić information content (AvgIpc) is 3.41. The Labute approximate surface area is 217 Å². The van der Waals surface area contributed by atoms with E-state index in [0.29, 0.717) is 30.9 Å². The number of amides is 3. The van der Waals surface area contributed by atoms with E-state index in [9.17, 15) is 27.6 Å². The van der Waals surface area contributed by atoms with Crippen LogP contribution < -0.4 is 5.32 Å². The smallest absolute Gasteiger partial charge is 0.416 e. The van der Waals surface area contributed by atoms with E-state index in [4.69, 9.17) is 9.15 Å². The third-order valence-corrected chi connectivity index (χ3v) is 6.72. The molecular formula is C26H29F3N4O5. The number of furan rings is 1. The molecule has 38 heavy (non-hydrogen) atoms. The molecule has 1 fully saturated rings. The first-order chi connectivity index (χ1) is 18.0. The first-order valence-electron chi connectivity index (χ1n) is 12.2. The molecular weight excluding hydrogens is 505 g/mol. The van der Waals surface area contributed by atoms with E-state index in [-0.39, 0.29) is 36.4 Å². The number of esters is 1. The summed E-state index contributed by atoms with van der Waals surface area (Å²) in [6.45, 7) is 5.16. The maximum absolute atomic E-state index is 13.1. The fourth-order valence-corrected chi connectivity index (χ4v) is 4.74. The minimum Gasteiger partial charge on any atom is -0.463 e. The van der Waals surface area contributed by atoms with Gasteiger partial charge in [0.15, 0.2) is 5.76 Å². The fourth-order valence-electron chi connectivity index (χ4n) is 4.74. The topological polar surface area (TPSA) is 95.3 Å². The second-order valence-electron chi connectivity index (χ2n) is 9.20. The SMILES string of the molecule is CCOC(=O)C1=C(CN2CCN(C(=O)c3ccco3)[C@H](C)C2)N(C)C(=O)N[C@H]1c1ccc(C(F)(F)F)cc1. The average molecular weight is 535 g/mol. The lowest BCUT2D eigenvalue weighted by Crippen LogP contribution is -2.56. The number of hydrogen-bond donors (Lipinski definition) is 1. The van der Waals surface area contributed by atoms with Gasteiger partial charge in [0.25, 0.3) is 5.91 Å². The zero-order valence-electron chi connectivity index (χ0n) is 21.2. The highest BCUT2D eigenvalue weighted by molar-refractivity contribution is 5.95. The van der Waals surface area contributed by atoms with Crippen LogP contribution in [0.4, 0.5) is 18.0 Å². The molecule has 2 aromatic rings. The molecule has 2 aliphatic rings. The Bertz CT molecular complexity index is 1210. The van der Waals surface area contributed by atoms with Gasteiger partial charge in [0.05, 0.1) is 30.0 Å². The van der Waals surface area contributed by atoms with Crippen LogP contribution >= 0.6 is 0 Å². The highest BCUT2D eigenvalue weighted by Gasteiger charge is 2.39.